The Bertz CT molecular complexity index is 359. The van der Waals surface area contributed by atoms with Gasteiger partial charge < -0.3 is 10.6 Å². The summed E-state index contributed by atoms with van der Waals surface area (Å²) in [6.45, 7) is 0.849. The van der Waals surface area contributed by atoms with E-state index in [0.29, 0.717) is 0 Å². The van der Waals surface area contributed by atoms with Crippen LogP contribution in [0.2, 0.25) is 0 Å². The quantitative estimate of drug-likeness (QED) is 0.809. The zero-order chi connectivity index (χ0) is 11.4. The first-order valence-corrected chi connectivity index (χ1v) is 5.84. The second-order valence-corrected chi connectivity index (χ2v) is 4.26. The summed E-state index contributed by atoms with van der Waals surface area (Å²) in [6.07, 6.45) is 2.94. The van der Waals surface area contributed by atoms with Crippen LogP contribution < -0.4 is 10.6 Å². The summed E-state index contributed by atoms with van der Waals surface area (Å²) in [5, 5.41) is 5.97. The monoisotopic (exact) mass is 218 g/mol. The SMILES string of the molecule is CNc1ccc(CCC2CCNC2=O)cc1. The predicted molar refractivity (Wildman–Crippen MR) is 65.4 cm³/mol. The van der Waals surface area contributed by atoms with Crippen LogP contribution in [-0.2, 0) is 11.2 Å². The van der Waals surface area contributed by atoms with Gasteiger partial charge in [0, 0.05) is 25.2 Å². The van der Waals surface area contributed by atoms with Gasteiger partial charge in [-0.1, -0.05) is 12.1 Å². The third-order valence-electron chi connectivity index (χ3n) is 3.19. The van der Waals surface area contributed by atoms with Gasteiger partial charge in [-0.25, -0.2) is 0 Å². The Kier molecular flexibility index (Phi) is 3.44. The average molecular weight is 218 g/mol. The number of aryl methyl sites for hydroxylation is 1. The van der Waals surface area contributed by atoms with Crippen LogP contribution in [0.1, 0.15) is 18.4 Å². The molecule has 1 aliphatic rings. The van der Waals surface area contributed by atoms with Crippen molar-refractivity contribution >= 4 is 11.6 Å². The van der Waals surface area contributed by atoms with Crippen LogP contribution in [0, 0.1) is 5.92 Å². The van der Waals surface area contributed by atoms with Crippen LogP contribution in [-0.4, -0.2) is 19.5 Å². The first-order valence-electron chi connectivity index (χ1n) is 5.84. The van der Waals surface area contributed by atoms with Gasteiger partial charge in [-0.15, -0.1) is 0 Å². The Morgan fingerprint density at radius 3 is 2.69 bits per heavy atom. The summed E-state index contributed by atoms with van der Waals surface area (Å²) in [5.41, 5.74) is 2.43. The molecule has 86 valence electrons. The molecule has 16 heavy (non-hydrogen) atoms. The van der Waals surface area contributed by atoms with Crippen LogP contribution >= 0.6 is 0 Å². The Labute approximate surface area is 96.2 Å². The highest BCUT2D eigenvalue weighted by Crippen LogP contribution is 2.18. The van der Waals surface area contributed by atoms with E-state index in [9.17, 15) is 4.79 Å². The largest absolute Gasteiger partial charge is 0.388 e. The number of anilines is 1. The average Bonchev–Trinajstić information content (AvgIpc) is 2.73. The minimum Gasteiger partial charge on any atom is -0.388 e. The highest BCUT2D eigenvalue weighted by molar-refractivity contribution is 5.80. The molecule has 1 aromatic carbocycles. The Morgan fingerprint density at radius 1 is 1.38 bits per heavy atom. The highest BCUT2D eigenvalue weighted by atomic mass is 16.2. The molecule has 0 saturated carbocycles. The molecule has 1 fully saturated rings. The molecule has 2 N–H and O–H groups in total. The maximum absolute atomic E-state index is 11.4. The maximum atomic E-state index is 11.4. The second-order valence-electron chi connectivity index (χ2n) is 4.26. The van der Waals surface area contributed by atoms with E-state index in [1.807, 2.05) is 7.05 Å². The molecule has 1 aliphatic heterocycles. The van der Waals surface area contributed by atoms with Gasteiger partial charge in [-0.3, -0.25) is 4.79 Å². The van der Waals surface area contributed by atoms with E-state index < -0.39 is 0 Å². The van der Waals surface area contributed by atoms with Gasteiger partial charge in [0.2, 0.25) is 5.91 Å². The first-order chi connectivity index (χ1) is 7.79. The normalized spacial score (nSPS) is 19.6. The molecule has 1 heterocycles. The van der Waals surface area contributed by atoms with Gasteiger partial charge in [-0.2, -0.15) is 0 Å². The molecule has 0 radical (unpaired) electrons. The van der Waals surface area contributed by atoms with Crippen LogP contribution in [0.5, 0.6) is 0 Å². The molecule has 1 atom stereocenters. The van der Waals surface area contributed by atoms with E-state index in [2.05, 4.69) is 34.9 Å². The van der Waals surface area contributed by atoms with Gasteiger partial charge in [-0.05, 0) is 37.0 Å². The zero-order valence-electron chi connectivity index (χ0n) is 9.62. The van der Waals surface area contributed by atoms with Crippen LogP contribution in [0.3, 0.4) is 0 Å². The van der Waals surface area contributed by atoms with Gasteiger partial charge in [0.1, 0.15) is 0 Å². The van der Waals surface area contributed by atoms with Crippen molar-refractivity contribution in [3.05, 3.63) is 29.8 Å². The molecule has 1 saturated heterocycles. The van der Waals surface area contributed by atoms with Crippen LogP contribution in [0.25, 0.3) is 0 Å². The third kappa shape index (κ3) is 2.54. The summed E-state index contributed by atoms with van der Waals surface area (Å²) in [7, 11) is 1.91. The lowest BCUT2D eigenvalue weighted by atomic mass is 9.98. The van der Waals surface area contributed by atoms with Crippen LogP contribution in [0.15, 0.2) is 24.3 Å². The fraction of sp³-hybridized carbons (Fsp3) is 0.462. The van der Waals surface area contributed by atoms with Crippen molar-refractivity contribution in [1.82, 2.24) is 5.32 Å². The van der Waals surface area contributed by atoms with Gasteiger partial charge in [0.15, 0.2) is 0 Å². The van der Waals surface area contributed by atoms with E-state index in [-0.39, 0.29) is 11.8 Å². The molecule has 2 rings (SSSR count). The topological polar surface area (TPSA) is 41.1 Å². The third-order valence-corrected chi connectivity index (χ3v) is 3.19. The Balaban J connectivity index is 1.86. The number of amides is 1. The van der Waals surface area contributed by atoms with Gasteiger partial charge in [0.25, 0.3) is 0 Å². The molecule has 3 heteroatoms. The second kappa shape index (κ2) is 5.01. The number of carbonyl (C=O) groups is 1. The summed E-state index contributed by atoms with van der Waals surface area (Å²) < 4.78 is 0. The summed E-state index contributed by atoms with van der Waals surface area (Å²) in [6, 6.07) is 8.39. The minimum absolute atomic E-state index is 0.226. The smallest absolute Gasteiger partial charge is 0.223 e. The fourth-order valence-corrected chi connectivity index (χ4v) is 2.10. The van der Waals surface area contributed by atoms with Crippen molar-refractivity contribution in [2.75, 3.05) is 18.9 Å². The molecular weight excluding hydrogens is 200 g/mol. The molecular formula is C13H18N2O. The lowest BCUT2D eigenvalue weighted by Crippen LogP contribution is -2.19. The van der Waals surface area contributed by atoms with Crippen molar-refractivity contribution in [1.29, 1.82) is 0 Å². The number of carbonyl (C=O) groups excluding carboxylic acids is 1. The summed E-state index contributed by atoms with van der Waals surface area (Å²) in [4.78, 5) is 11.4. The molecule has 0 spiro atoms. The van der Waals surface area contributed by atoms with Crippen molar-refractivity contribution < 1.29 is 4.79 Å². The van der Waals surface area contributed by atoms with Crippen molar-refractivity contribution in [2.24, 2.45) is 5.92 Å². The van der Waals surface area contributed by atoms with E-state index in [4.69, 9.17) is 0 Å². The van der Waals surface area contributed by atoms with Crippen molar-refractivity contribution in [3.63, 3.8) is 0 Å². The van der Waals surface area contributed by atoms with Gasteiger partial charge >= 0.3 is 0 Å². The number of benzene rings is 1. The first kappa shape index (κ1) is 11.0. The molecule has 1 amide bonds. The number of rotatable bonds is 4. The number of hydrogen-bond acceptors (Lipinski definition) is 2. The van der Waals surface area contributed by atoms with E-state index in [1.54, 1.807) is 0 Å². The van der Waals surface area contributed by atoms with Crippen LogP contribution in [0.4, 0.5) is 5.69 Å². The highest BCUT2D eigenvalue weighted by Gasteiger charge is 2.23. The van der Waals surface area contributed by atoms with E-state index in [1.165, 1.54) is 5.56 Å². The lowest BCUT2D eigenvalue weighted by molar-refractivity contribution is -0.122. The molecule has 0 bridgehead atoms. The lowest BCUT2D eigenvalue weighted by Gasteiger charge is -2.07. The van der Waals surface area contributed by atoms with Gasteiger partial charge in [0.05, 0.1) is 0 Å². The van der Waals surface area contributed by atoms with Crippen molar-refractivity contribution in [2.45, 2.75) is 19.3 Å². The standard InChI is InChI=1S/C13H18N2O/c1-14-12-6-3-10(4-7-12)2-5-11-8-9-15-13(11)16/h3-4,6-7,11,14H,2,5,8-9H2,1H3,(H,15,16). The number of hydrogen-bond donors (Lipinski definition) is 2. The summed E-state index contributed by atoms with van der Waals surface area (Å²) >= 11 is 0. The molecule has 1 unspecified atom stereocenters. The van der Waals surface area contributed by atoms with E-state index in [0.717, 1.165) is 31.5 Å². The molecule has 0 aliphatic carbocycles. The molecule has 3 nitrogen and oxygen atoms in total. The number of nitrogens with one attached hydrogen (secondary N) is 2. The predicted octanol–water partition coefficient (Wildman–Crippen LogP) is 1.80. The maximum Gasteiger partial charge on any atom is 0.223 e. The Hall–Kier alpha value is -1.51. The Morgan fingerprint density at radius 2 is 2.12 bits per heavy atom. The fourth-order valence-electron chi connectivity index (χ4n) is 2.10. The van der Waals surface area contributed by atoms with Crippen molar-refractivity contribution in [3.8, 4) is 0 Å². The zero-order valence-corrected chi connectivity index (χ0v) is 9.62. The van der Waals surface area contributed by atoms with E-state index >= 15 is 0 Å². The molecule has 1 aromatic rings. The minimum atomic E-state index is 0.226. The molecule has 0 aromatic heterocycles. The summed E-state index contributed by atoms with van der Waals surface area (Å²) in [5.74, 6) is 0.454.